The fourth-order valence-electron chi connectivity index (χ4n) is 1.38. The third-order valence-corrected chi connectivity index (χ3v) is 2.36. The van der Waals surface area contributed by atoms with E-state index in [0.717, 1.165) is 6.92 Å². The molecule has 0 amide bonds. The molecule has 1 aliphatic carbocycles. The number of nitro benzene ring substituents is 1. The van der Waals surface area contributed by atoms with Crippen LogP contribution in [0.3, 0.4) is 0 Å². The van der Waals surface area contributed by atoms with Crippen molar-refractivity contribution in [1.82, 2.24) is 0 Å². The van der Waals surface area contributed by atoms with E-state index in [1.54, 1.807) is 6.08 Å². The molecule has 0 saturated carbocycles. The summed E-state index contributed by atoms with van der Waals surface area (Å²) in [5.41, 5.74) is -0.255. The number of carbonyl (C=O) groups is 1. The Kier molecular flexibility index (Phi) is 13.8. The van der Waals surface area contributed by atoms with Crippen molar-refractivity contribution >= 4 is 11.7 Å². The van der Waals surface area contributed by atoms with Crippen molar-refractivity contribution in [3.8, 4) is 5.75 Å². The van der Waals surface area contributed by atoms with Crippen LogP contribution in [-0.4, -0.2) is 31.1 Å². The molecular formula is C17H22N2O8. The Labute approximate surface area is 155 Å². The third kappa shape index (κ3) is 13.3. The van der Waals surface area contributed by atoms with Crippen LogP contribution in [0.15, 0.2) is 60.0 Å². The minimum Gasteiger partial charge on any atom is -0.512 e. The lowest BCUT2D eigenvalue weighted by molar-refractivity contribution is -0.427. The van der Waals surface area contributed by atoms with Gasteiger partial charge in [-0.25, -0.2) is 0 Å². The first kappa shape index (κ1) is 25.5. The van der Waals surface area contributed by atoms with Crippen LogP contribution in [0.5, 0.6) is 5.75 Å². The van der Waals surface area contributed by atoms with Crippen molar-refractivity contribution < 1.29 is 30.0 Å². The number of rotatable bonds is 2. The molecule has 0 spiro atoms. The molecule has 10 nitrogen and oxygen atoms in total. The van der Waals surface area contributed by atoms with E-state index in [1.807, 2.05) is 13.8 Å². The van der Waals surface area contributed by atoms with E-state index in [-0.39, 0.29) is 29.3 Å². The fourth-order valence-corrected chi connectivity index (χ4v) is 1.38. The zero-order valence-corrected chi connectivity index (χ0v) is 15.1. The van der Waals surface area contributed by atoms with Crippen molar-refractivity contribution in [3.63, 3.8) is 0 Å². The molecule has 3 N–H and O–H groups in total. The van der Waals surface area contributed by atoms with Crippen LogP contribution in [0.25, 0.3) is 0 Å². The molecule has 0 saturated heterocycles. The molecule has 0 unspecified atom stereocenters. The average Bonchev–Trinajstić information content (AvgIpc) is 2.82. The molecule has 1 aliphatic rings. The van der Waals surface area contributed by atoms with Gasteiger partial charge < -0.3 is 15.3 Å². The molecule has 2 rings (SSSR count). The summed E-state index contributed by atoms with van der Waals surface area (Å²) < 4.78 is 0. The van der Waals surface area contributed by atoms with Gasteiger partial charge in [-0.3, -0.25) is 25.0 Å². The minimum absolute atomic E-state index is 0.000000000000000222. The summed E-state index contributed by atoms with van der Waals surface area (Å²) in [5.74, 6) is -1.12. The van der Waals surface area contributed by atoms with Gasteiger partial charge in [-0.1, -0.05) is 38.1 Å². The molecule has 0 heterocycles. The van der Waals surface area contributed by atoms with Crippen LogP contribution < -0.4 is 0 Å². The Balaban J connectivity index is 0. The number of hydrogen-bond acceptors (Lipinski definition) is 7. The van der Waals surface area contributed by atoms with E-state index >= 15 is 0 Å². The highest BCUT2D eigenvalue weighted by Crippen LogP contribution is 2.23. The Morgan fingerprint density at radius 2 is 1.48 bits per heavy atom. The Morgan fingerprint density at radius 1 is 1.00 bits per heavy atom. The van der Waals surface area contributed by atoms with Crippen molar-refractivity contribution in [2.75, 3.05) is 0 Å². The maximum Gasteiger partial charge on any atom is 0.310 e. The number of benzene rings is 1. The molecule has 0 bridgehead atoms. The Morgan fingerprint density at radius 3 is 1.89 bits per heavy atom. The van der Waals surface area contributed by atoms with Crippen LogP contribution >= 0.6 is 0 Å². The number of nitro groups is 2. The van der Waals surface area contributed by atoms with Crippen LogP contribution in [0, 0.1) is 20.2 Å². The lowest BCUT2D eigenvalue weighted by Gasteiger charge is -1.94. The summed E-state index contributed by atoms with van der Waals surface area (Å²) in [6.45, 7) is 5.08. The lowest BCUT2D eigenvalue weighted by atomic mass is 10.3. The van der Waals surface area contributed by atoms with Gasteiger partial charge in [0, 0.05) is 19.1 Å². The van der Waals surface area contributed by atoms with Gasteiger partial charge in [-0.2, -0.15) is 0 Å². The van der Waals surface area contributed by atoms with Gasteiger partial charge in [-0.05, 0) is 12.1 Å². The highest BCUT2D eigenvalue weighted by molar-refractivity contribution is 5.62. The average molecular weight is 382 g/mol. The quantitative estimate of drug-likeness (QED) is 0.510. The van der Waals surface area contributed by atoms with Crippen LogP contribution in [0.2, 0.25) is 0 Å². The number of phenols is 1. The smallest absolute Gasteiger partial charge is 0.310 e. The number of phenolic OH excluding ortho intramolecular Hbond substituents is 1. The molecule has 1 aromatic rings. The Hall–Kier alpha value is -3.69. The van der Waals surface area contributed by atoms with Gasteiger partial charge in [0.25, 0.3) is 11.7 Å². The summed E-state index contributed by atoms with van der Waals surface area (Å²) in [4.78, 5) is 28.2. The van der Waals surface area contributed by atoms with E-state index in [1.165, 1.54) is 42.5 Å². The van der Waals surface area contributed by atoms with Gasteiger partial charge in [0.2, 0.25) is 0 Å². The fraction of sp³-hybridized carbons (Fsp3) is 0.235. The van der Waals surface area contributed by atoms with Crippen LogP contribution in [0.1, 0.15) is 27.2 Å². The topological polar surface area (TPSA) is 164 Å². The third-order valence-electron chi connectivity index (χ3n) is 2.36. The molecule has 27 heavy (non-hydrogen) atoms. The standard InChI is InChI=1S/C7H7NO3.C6H5NO3.C2H4O2.C2H6/c9-7-4-2-1-3-6(5-7)8(10)11;8-6-4-2-1-3-5(6)7(9)10;1-2(3)4;1-2/h1-4,9H,5H2;1-4,8H;1H3,(H,3,4);1-2H3. The van der Waals surface area contributed by atoms with E-state index in [0.29, 0.717) is 0 Å². The number of aliphatic carboxylic acids is 1. The van der Waals surface area contributed by atoms with Gasteiger partial charge in [0.15, 0.2) is 5.75 Å². The van der Waals surface area contributed by atoms with E-state index in [4.69, 9.17) is 20.1 Å². The number of hydrogen-bond donors (Lipinski definition) is 3. The molecule has 0 atom stereocenters. The maximum atomic E-state index is 10.2. The monoisotopic (exact) mass is 382 g/mol. The van der Waals surface area contributed by atoms with Crippen molar-refractivity contribution in [3.05, 3.63) is 80.3 Å². The first-order valence-corrected chi connectivity index (χ1v) is 7.66. The molecular weight excluding hydrogens is 360 g/mol. The van der Waals surface area contributed by atoms with Crippen molar-refractivity contribution in [1.29, 1.82) is 0 Å². The minimum atomic E-state index is -0.833. The zero-order valence-electron chi connectivity index (χ0n) is 15.1. The summed E-state index contributed by atoms with van der Waals surface area (Å²) in [5, 5.41) is 45.5. The molecule has 10 heteroatoms. The van der Waals surface area contributed by atoms with Crippen molar-refractivity contribution in [2.45, 2.75) is 27.2 Å². The molecule has 0 aromatic heterocycles. The molecule has 0 aliphatic heterocycles. The molecule has 1 aromatic carbocycles. The maximum absolute atomic E-state index is 10.2. The number of para-hydroxylation sites is 2. The molecule has 148 valence electrons. The number of aromatic hydroxyl groups is 1. The summed E-state index contributed by atoms with van der Waals surface area (Å²) in [6.07, 6.45) is 5.90. The SMILES string of the molecule is CC.CC(=O)O.O=[N+]([O-])C1=CC=CC=C(O)C1.O=[N+]([O-])c1ccccc1O. The number of carboxylic acid groups (broad SMARTS) is 1. The van der Waals surface area contributed by atoms with Gasteiger partial charge in [-0.15, -0.1) is 0 Å². The normalized spacial score (nSPS) is 11.4. The number of carboxylic acids is 1. The summed E-state index contributed by atoms with van der Waals surface area (Å²) >= 11 is 0. The van der Waals surface area contributed by atoms with Crippen LogP contribution in [0.4, 0.5) is 5.69 Å². The van der Waals surface area contributed by atoms with E-state index in [2.05, 4.69) is 0 Å². The van der Waals surface area contributed by atoms with E-state index in [9.17, 15) is 20.2 Å². The van der Waals surface area contributed by atoms with Gasteiger partial charge >= 0.3 is 5.69 Å². The Bertz CT molecular complexity index is 719. The van der Waals surface area contributed by atoms with Gasteiger partial charge in [0.1, 0.15) is 5.76 Å². The second-order valence-electron chi connectivity index (χ2n) is 4.40. The largest absolute Gasteiger partial charge is 0.512 e. The van der Waals surface area contributed by atoms with Crippen molar-refractivity contribution in [2.24, 2.45) is 0 Å². The van der Waals surface area contributed by atoms with E-state index < -0.39 is 15.8 Å². The zero-order chi connectivity index (χ0) is 21.4. The second-order valence-corrected chi connectivity index (χ2v) is 4.40. The number of nitrogens with zero attached hydrogens (tertiary/aromatic N) is 2. The number of aliphatic hydroxyl groups is 1. The van der Waals surface area contributed by atoms with Crippen LogP contribution in [-0.2, 0) is 4.79 Å². The number of aliphatic hydroxyl groups excluding tert-OH is 1. The lowest BCUT2D eigenvalue weighted by Crippen LogP contribution is -1.98. The molecule has 0 fully saturated rings. The highest BCUT2D eigenvalue weighted by Gasteiger charge is 2.12. The summed E-state index contributed by atoms with van der Waals surface area (Å²) in [7, 11) is 0. The first-order valence-electron chi connectivity index (χ1n) is 7.66. The predicted molar refractivity (Wildman–Crippen MR) is 99.0 cm³/mol. The van der Waals surface area contributed by atoms with Gasteiger partial charge in [0.05, 0.1) is 16.3 Å². The predicted octanol–water partition coefficient (Wildman–Crippen LogP) is 3.97. The number of allylic oxidation sites excluding steroid dienone is 4. The first-order chi connectivity index (χ1) is 12.6. The molecule has 0 radical (unpaired) electrons. The second kappa shape index (κ2) is 14.6. The summed E-state index contributed by atoms with van der Waals surface area (Å²) in [6, 6.07) is 5.55. The highest BCUT2D eigenvalue weighted by atomic mass is 16.6.